The molecule has 1 aromatic rings. The molecule has 128 valence electrons. The van der Waals surface area contributed by atoms with Gasteiger partial charge in [-0.2, -0.15) is 4.31 Å². The summed E-state index contributed by atoms with van der Waals surface area (Å²) in [5.74, 6) is 0.409. The molecule has 1 aromatic carbocycles. The summed E-state index contributed by atoms with van der Waals surface area (Å²) in [6.07, 6.45) is 4.42. The summed E-state index contributed by atoms with van der Waals surface area (Å²) < 4.78 is 32.9. The van der Waals surface area contributed by atoms with Crippen molar-refractivity contribution in [3.8, 4) is 0 Å². The second kappa shape index (κ2) is 6.19. The molecule has 1 atom stereocenters. The van der Waals surface area contributed by atoms with Gasteiger partial charge in [-0.25, -0.2) is 8.42 Å². The smallest absolute Gasteiger partial charge is 0.243 e. The van der Waals surface area contributed by atoms with Crippen LogP contribution >= 0.6 is 0 Å². The van der Waals surface area contributed by atoms with Crippen molar-refractivity contribution in [1.29, 1.82) is 0 Å². The number of methoxy groups -OCH3 is 1. The van der Waals surface area contributed by atoms with Crippen molar-refractivity contribution in [2.24, 2.45) is 5.41 Å². The van der Waals surface area contributed by atoms with Crippen LogP contribution in [0.25, 0.3) is 0 Å². The van der Waals surface area contributed by atoms with Gasteiger partial charge in [-0.3, -0.25) is 0 Å². The van der Waals surface area contributed by atoms with E-state index in [1.54, 1.807) is 23.5 Å². The molecule has 1 saturated carbocycles. The Hall–Kier alpha value is -0.910. The second-order valence-corrected chi connectivity index (χ2v) is 9.19. The summed E-state index contributed by atoms with van der Waals surface area (Å²) in [5.41, 5.74) is 1.39. The number of benzene rings is 1. The molecule has 5 heteroatoms. The highest BCUT2D eigenvalue weighted by Crippen LogP contribution is 2.51. The van der Waals surface area contributed by atoms with E-state index in [0.29, 0.717) is 30.0 Å². The van der Waals surface area contributed by atoms with Crippen molar-refractivity contribution in [2.45, 2.75) is 56.4 Å². The lowest BCUT2D eigenvalue weighted by Crippen LogP contribution is -2.53. The Bertz CT molecular complexity index is 641. The van der Waals surface area contributed by atoms with Crippen LogP contribution < -0.4 is 0 Å². The van der Waals surface area contributed by atoms with Crippen LogP contribution in [0.3, 0.4) is 0 Å². The minimum atomic E-state index is -3.37. The summed E-state index contributed by atoms with van der Waals surface area (Å²) in [6, 6.07) is 7.35. The highest BCUT2D eigenvalue weighted by molar-refractivity contribution is 7.89. The molecule has 23 heavy (non-hydrogen) atoms. The number of nitrogens with zero attached hydrogens (tertiary/aromatic N) is 1. The molecule has 1 unspecified atom stereocenters. The number of hydrogen-bond donors (Lipinski definition) is 0. The maximum Gasteiger partial charge on any atom is 0.243 e. The van der Waals surface area contributed by atoms with E-state index in [-0.39, 0.29) is 5.41 Å². The molecule has 1 spiro atoms. The summed E-state index contributed by atoms with van der Waals surface area (Å²) in [4.78, 5) is 0.412. The van der Waals surface area contributed by atoms with Crippen LogP contribution in [0.5, 0.6) is 0 Å². The van der Waals surface area contributed by atoms with Crippen molar-refractivity contribution in [1.82, 2.24) is 4.31 Å². The zero-order chi connectivity index (χ0) is 16.7. The molecular weight excluding hydrogens is 310 g/mol. The second-order valence-electron chi connectivity index (χ2n) is 7.25. The van der Waals surface area contributed by atoms with Gasteiger partial charge in [0.1, 0.15) is 0 Å². The third-order valence-electron chi connectivity index (χ3n) is 5.77. The van der Waals surface area contributed by atoms with E-state index in [9.17, 15) is 8.42 Å². The van der Waals surface area contributed by atoms with E-state index in [1.807, 2.05) is 12.1 Å². The molecular formula is C18H27NO3S. The third kappa shape index (κ3) is 2.94. The van der Waals surface area contributed by atoms with E-state index in [2.05, 4.69) is 13.8 Å². The molecule has 1 aliphatic carbocycles. The highest BCUT2D eigenvalue weighted by Gasteiger charge is 2.49. The molecule has 0 N–H and O–H groups in total. The predicted molar refractivity (Wildman–Crippen MR) is 91.0 cm³/mol. The Kier molecular flexibility index (Phi) is 4.55. The van der Waals surface area contributed by atoms with Crippen LogP contribution in [-0.4, -0.2) is 39.0 Å². The van der Waals surface area contributed by atoms with Crippen LogP contribution in [0.15, 0.2) is 29.2 Å². The first-order chi connectivity index (χ1) is 10.9. The molecule has 1 saturated heterocycles. The first kappa shape index (κ1) is 16.9. The first-order valence-corrected chi connectivity index (χ1v) is 9.96. The van der Waals surface area contributed by atoms with E-state index >= 15 is 0 Å². The van der Waals surface area contributed by atoms with Crippen molar-refractivity contribution in [2.75, 3.05) is 20.2 Å². The molecule has 1 heterocycles. The molecule has 1 aliphatic heterocycles. The summed E-state index contributed by atoms with van der Waals surface area (Å²) in [6.45, 7) is 5.43. The standard InChI is InChI=1S/C18H27NO3S/c1-14(2)15-4-6-16(7-5-15)23(20,21)19-12-10-18(11-13-19)9-8-17(18)22-3/h4-7,14,17H,8-13H2,1-3H3. The lowest BCUT2D eigenvalue weighted by atomic mass is 9.61. The van der Waals surface area contributed by atoms with Gasteiger partial charge in [-0.1, -0.05) is 26.0 Å². The Morgan fingerprint density at radius 3 is 2.17 bits per heavy atom. The largest absolute Gasteiger partial charge is 0.381 e. The van der Waals surface area contributed by atoms with E-state index in [0.717, 1.165) is 19.3 Å². The van der Waals surface area contributed by atoms with Crippen molar-refractivity contribution >= 4 is 10.0 Å². The molecule has 2 fully saturated rings. The summed E-state index contributed by atoms with van der Waals surface area (Å²) in [5, 5.41) is 0. The molecule has 3 rings (SSSR count). The fourth-order valence-corrected chi connectivity index (χ4v) is 5.40. The number of rotatable bonds is 4. The van der Waals surface area contributed by atoms with Crippen LogP contribution in [0, 0.1) is 5.41 Å². The lowest BCUT2D eigenvalue weighted by molar-refractivity contribution is -0.113. The van der Waals surface area contributed by atoms with Gasteiger partial charge in [-0.05, 0) is 54.7 Å². The van der Waals surface area contributed by atoms with Gasteiger partial charge in [-0.15, -0.1) is 0 Å². The van der Waals surface area contributed by atoms with Gasteiger partial charge < -0.3 is 4.74 Å². The molecule has 0 radical (unpaired) electrons. The number of hydrogen-bond acceptors (Lipinski definition) is 3. The van der Waals surface area contributed by atoms with Gasteiger partial charge >= 0.3 is 0 Å². The van der Waals surface area contributed by atoms with E-state index in [1.165, 1.54) is 12.0 Å². The van der Waals surface area contributed by atoms with Crippen molar-refractivity contribution in [3.63, 3.8) is 0 Å². The topological polar surface area (TPSA) is 46.6 Å². The fraction of sp³-hybridized carbons (Fsp3) is 0.667. The van der Waals surface area contributed by atoms with Crippen LogP contribution in [0.4, 0.5) is 0 Å². The zero-order valence-electron chi connectivity index (χ0n) is 14.3. The lowest BCUT2D eigenvalue weighted by Gasteiger charge is -2.52. The van der Waals surface area contributed by atoms with E-state index in [4.69, 9.17) is 4.74 Å². The average molecular weight is 337 g/mol. The van der Waals surface area contributed by atoms with Crippen LogP contribution in [-0.2, 0) is 14.8 Å². The van der Waals surface area contributed by atoms with Crippen LogP contribution in [0.2, 0.25) is 0 Å². The van der Waals surface area contributed by atoms with Gasteiger partial charge in [0.25, 0.3) is 0 Å². The number of ether oxygens (including phenoxy) is 1. The maximum absolute atomic E-state index is 12.8. The quantitative estimate of drug-likeness (QED) is 0.846. The molecule has 4 nitrogen and oxygen atoms in total. The SMILES string of the molecule is COC1CCC12CCN(S(=O)(=O)c1ccc(C(C)C)cc1)CC2. The monoisotopic (exact) mass is 337 g/mol. The maximum atomic E-state index is 12.8. The Morgan fingerprint density at radius 2 is 1.74 bits per heavy atom. The highest BCUT2D eigenvalue weighted by atomic mass is 32.2. The van der Waals surface area contributed by atoms with Crippen molar-refractivity contribution < 1.29 is 13.2 Å². The normalized spacial score (nSPS) is 24.8. The first-order valence-electron chi connectivity index (χ1n) is 8.52. The summed E-state index contributed by atoms with van der Waals surface area (Å²) >= 11 is 0. The van der Waals surface area contributed by atoms with Gasteiger partial charge in [0.15, 0.2) is 0 Å². The number of sulfonamides is 1. The molecule has 2 aliphatic rings. The Labute approximate surface area is 139 Å². The summed E-state index contributed by atoms with van der Waals surface area (Å²) in [7, 11) is -1.60. The van der Waals surface area contributed by atoms with Gasteiger partial charge in [0.2, 0.25) is 10.0 Å². The zero-order valence-corrected chi connectivity index (χ0v) is 15.1. The average Bonchev–Trinajstić information content (AvgIpc) is 2.54. The Balaban J connectivity index is 1.71. The number of piperidine rings is 1. The molecule has 0 bridgehead atoms. The molecule has 0 amide bonds. The minimum Gasteiger partial charge on any atom is -0.381 e. The van der Waals surface area contributed by atoms with Gasteiger partial charge in [0, 0.05) is 20.2 Å². The van der Waals surface area contributed by atoms with Crippen molar-refractivity contribution in [3.05, 3.63) is 29.8 Å². The Morgan fingerprint density at radius 1 is 1.13 bits per heavy atom. The van der Waals surface area contributed by atoms with Crippen LogP contribution in [0.1, 0.15) is 51.0 Å². The fourth-order valence-electron chi connectivity index (χ4n) is 3.96. The van der Waals surface area contributed by atoms with E-state index < -0.39 is 10.0 Å². The molecule has 0 aromatic heterocycles. The minimum absolute atomic E-state index is 0.224. The van der Waals surface area contributed by atoms with Gasteiger partial charge in [0.05, 0.1) is 11.0 Å². The third-order valence-corrected chi connectivity index (χ3v) is 7.69. The predicted octanol–water partition coefficient (Wildman–Crippen LogP) is 3.39.